The second-order valence-electron chi connectivity index (χ2n) is 5.44. The Labute approximate surface area is 118 Å². The maximum absolute atomic E-state index is 12.2. The molecule has 2 aliphatic rings. The maximum atomic E-state index is 12.2. The second kappa shape index (κ2) is 5.05. The molecule has 1 heterocycles. The normalized spacial score (nSPS) is 18.9. The third-order valence-corrected chi connectivity index (χ3v) is 4.08. The summed E-state index contributed by atoms with van der Waals surface area (Å²) in [4.78, 5) is 16.4. The molecule has 1 aromatic heterocycles. The molecule has 0 aromatic carbocycles. The molecule has 100 valence electrons. The van der Waals surface area contributed by atoms with E-state index in [-0.39, 0.29) is 5.78 Å². The molecule has 3 nitrogen and oxygen atoms in total. The third-order valence-electron chi connectivity index (χ3n) is 4.08. The van der Waals surface area contributed by atoms with Crippen LogP contribution in [0.4, 0.5) is 0 Å². The topological polar surface area (TPSA) is 53.8 Å². The highest BCUT2D eigenvalue weighted by atomic mass is 16.1. The lowest BCUT2D eigenvalue weighted by Gasteiger charge is -2.27. The highest BCUT2D eigenvalue weighted by Gasteiger charge is 2.29. The number of carbonyl (C=O) groups is 1. The van der Waals surface area contributed by atoms with E-state index in [1.54, 1.807) is 6.20 Å². The molecule has 0 bridgehead atoms. The molecule has 0 fully saturated rings. The van der Waals surface area contributed by atoms with E-state index >= 15 is 0 Å². The number of pyridine rings is 1. The summed E-state index contributed by atoms with van der Waals surface area (Å²) >= 11 is 0. The van der Waals surface area contributed by atoms with Crippen molar-refractivity contribution < 1.29 is 4.79 Å². The molecule has 0 N–H and O–H groups in total. The predicted molar refractivity (Wildman–Crippen MR) is 76.6 cm³/mol. The molecule has 0 radical (unpaired) electrons. The van der Waals surface area contributed by atoms with Gasteiger partial charge in [0, 0.05) is 23.9 Å². The number of hydrogen-bond acceptors (Lipinski definition) is 3. The first kappa shape index (κ1) is 12.8. The number of Topliss-reactive ketones (excluding diaryl/α,β-unsaturated/α-hetero) is 1. The molecule has 3 rings (SSSR count). The molecule has 0 aliphatic heterocycles. The molecule has 2 aliphatic carbocycles. The first-order valence-corrected chi connectivity index (χ1v) is 7.02. The fraction of sp³-hybridized carbons (Fsp3) is 0.353. The van der Waals surface area contributed by atoms with Crippen LogP contribution < -0.4 is 0 Å². The van der Waals surface area contributed by atoms with Crippen LogP contribution in [0.2, 0.25) is 0 Å². The molecule has 3 heteroatoms. The fourth-order valence-corrected chi connectivity index (χ4v) is 3.18. The van der Waals surface area contributed by atoms with Gasteiger partial charge in [0.1, 0.15) is 11.6 Å². The van der Waals surface area contributed by atoms with Gasteiger partial charge >= 0.3 is 0 Å². The quantitative estimate of drug-likeness (QED) is 0.780. The van der Waals surface area contributed by atoms with Gasteiger partial charge in [0.15, 0.2) is 5.78 Å². The van der Waals surface area contributed by atoms with Crippen molar-refractivity contribution in [2.45, 2.75) is 39.0 Å². The van der Waals surface area contributed by atoms with Crippen molar-refractivity contribution in [2.75, 3.05) is 0 Å². The molecular formula is C17H16N2O. The Morgan fingerprint density at radius 2 is 2.10 bits per heavy atom. The zero-order chi connectivity index (χ0) is 14.1. The van der Waals surface area contributed by atoms with E-state index in [9.17, 15) is 10.1 Å². The summed E-state index contributed by atoms with van der Waals surface area (Å²) < 4.78 is 0. The maximum Gasteiger partial charge on any atom is 0.178 e. The number of hydrogen-bond donors (Lipinski definition) is 0. The average Bonchev–Trinajstić information content (AvgIpc) is 2.45. The first-order valence-electron chi connectivity index (χ1n) is 7.02. The van der Waals surface area contributed by atoms with Crippen LogP contribution in [-0.4, -0.2) is 10.8 Å². The van der Waals surface area contributed by atoms with Gasteiger partial charge in [-0.2, -0.15) is 5.26 Å². The van der Waals surface area contributed by atoms with E-state index in [2.05, 4.69) is 11.1 Å². The van der Waals surface area contributed by atoms with Gasteiger partial charge in [0.05, 0.1) is 0 Å². The lowest BCUT2D eigenvalue weighted by molar-refractivity contribution is -0.114. The Kier molecular flexibility index (Phi) is 3.23. The number of ketones is 1. The van der Waals surface area contributed by atoms with Crippen molar-refractivity contribution in [3.05, 3.63) is 46.3 Å². The highest BCUT2D eigenvalue weighted by Crippen LogP contribution is 2.42. The Morgan fingerprint density at radius 3 is 2.85 bits per heavy atom. The summed E-state index contributed by atoms with van der Waals surface area (Å²) in [5.41, 5.74) is 5.53. The minimum Gasteiger partial charge on any atom is -0.293 e. The molecule has 0 atom stereocenters. The molecule has 0 saturated heterocycles. The number of aryl methyl sites for hydroxylation is 1. The molecule has 0 saturated carbocycles. The SMILES string of the molecule is Cc1cc(C2=C(C#N)C(=O)CC3=C2CCCC3)ccn1. The van der Waals surface area contributed by atoms with Crippen LogP contribution in [0.25, 0.3) is 5.57 Å². The van der Waals surface area contributed by atoms with Gasteiger partial charge < -0.3 is 0 Å². The second-order valence-corrected chi connectivity index (χ2v) is 5.44. The van der Waals surface area contributed by atoms with Crippen LogP contribution in [-0.2, 0) is 4.79 Å². The molecule has 20 heavy (non-hydrogen) atoms. The lowest BCUT2D eigenvalue weighted by atomic mass is 9.76. The Bertz CT molecular complexity index is 689. The first-order chi connectivity index (χ1) is 9.70. The van der Waals surface area contributed by atoms with Crippen molar-refractivity contribution in [1.82, 2.24) is 4.98 Å². The summed E-state index contributed by atoms with van der Waals surface area (Å²) in [6, 6.07) is 5.99. The van der Waals surface area contributed by atoms with Crippen LogP contribution in [0.15, 0.2) is 35.0 Å². The average molecular weight is 264 g/mol. The smallest absolute Gasteiger partial charge is 0.178 e. The standard InChI is InChI=1S/C17H16N2O/c1-11-8-13(6-7-19-11)17-14-5-3-2-4-12(14)9-16(20)15(17)10-18/h6-8H,2-5,9H2,1H3. The van der Waals surface area contributed by atoms with Crippen LogP contribution in [0.5, 0.6) is 0 Å². The number of rotatable bonds is 1. The summed E-state index contributed by atoms with van der Waals surface area (Å²) in [6.07, 6.45) is 6.44. The number of carbonyl (C=O) groups excluding carboxylic acids is 1. The van der Waals surface area contributed by atoms with Crippen LogP contribution >= 0.6 is 0 Å². The Balaban J connectivity index is 2.23. The van der Waals surface area contributed by atoms with E-state index < -0.39 is 0 Å². The molecule has 0 amide bonds. The van der Waals surface area contributed by atoms with Crippen molar-refractivity contribution >= 4 is 11.4 Å². The molecular weight excluding hydrogens is 248 g/mol. The van der Waals surface area contributed by atoms with Gasteiger partial charge in [-0.05, 0) is 55.9 Å². The van der Waals surface area contributed by atoms with E-state index in [4.69, 9.17) is 0 Å². The third kappa shape index (κ3) is 2.08. The predicted octanol–water partition coefficient (Wildman–Crippen LogP) is 3.51. The van der Waals surface area contributed by atoms with E-state index in [0.29, 0.717) is 12.0 Å². The van der Waals surface area contributed by atoms with Crippen LogP contribution in [0.3, 0.4) is 0 Å². The van der Waals surface area contributed by atoms with Gasteiger partial charge in [-0.25, -0.2) is 0 Å². The van der Waals surface area contributed by atoms with E-state index in [1.165, 1.54) is 11.1 Å². The number of nitrogens with zero attached hydrogens (tertiary/aromatic N) is 2. The molecule has 1 aromatic rings. The van der Waals surface area contributed by atoms with Crippen molar-refractivity contribution in [2.24, 2.45) is 0 Å². The van der Waals surface area contributed by atoms with Gasteiger partial charge in [0.2, 0.25) is 0 Å². The Hall–Kier alpha value is -2.21. The van der Waals surface area contributed by atoms with Gasteiger partial charge in [-0.15, -0.1) is 0 Å². The summed E-state index contributed by atoms with van der Waals surface area (Å²) in [5, 5.41) is 9.39. The van der Waals surface area contributed by atoms with Crippen LogP contribution in [0, 0.1) is 18.3 Å². The lowest BCUT2D eigenvalue weighted by Crippen LogP contribution is -2.16. The highest BCUT2D eigenvalue weighted by molar-refractivity contribution is 6.12. The molecule has 0 unspecified atom stereocenters. The number of allylic oxidation sites excluding steroid dienone is 4. The number of aromatic nitrogens is 1. The van der Waals surface area contributed by atoms with E-state index in [1.807, 2.05) is 19.1 Å². The number of nitriles is 1. The summed E-state index contributed by atoms with van der Waals surface area (Å²) in [5.74, 6) is -0.0300. The monoisotopic (exact) mass is 264 g/mol. The van der Waals surface area contributed by atoms with Crippen molar-refractivity contribution in [3.63, 3.8) is 0 Å². The van der Waals surface area contributed by atoms with Gasteiger partial charge in [-0.3, -0.25) is 9.78 Å². The van der Waals surface area contributed by atoms with Gasteiger partial charge in [-0.1, -0.05) is 5.57 Å². The zero-order valence-electron chi connectivity index (χ0n) is 11.6. The minimum absolute atomic E-state index is 0.0300. The fourth-order valence-electron chi connectivity index (χ4n) is 3.18. The van der Waals surface area contributed by atoms with Crippen molar-refractivity contribution in [1.29, 1.82) is 5.26 Å². The largest absolute Gasteiger partial charge is 0.293 e. The molecule has 0 spiro atoms. The Morgan fingerprint density at radius 1 is 1.30 bits per heavy atom. The van der Waals surface area contributed by atoms with E-state index in [0.717, 1.165) is 42.5 Å². The zero-order valence-corrected chi connectivity index (χ0v) is 11.6. The minimum atomic E-state index is -0.0300. The van der Waals surface area contributed by atoms with Crippen LogP contribution in [0.1, 0.15) is 43.4 Å². The van der Waals surface area contributed by atoms with Crippen molar-refractivity contribution in [3.8, 4) is 6.07 Å². The summed E-state index contributed by atoms with van der Waals surface area (Å²) in [7, 11) is 0. The van der Waals surface area contributed by atoms with Gasteiger partial charge in [0.25, 0.3) is 0 Å². The summed E-state index contributed by atoms with van der Waals surface area (Å²) in [6.45, 7) is 1.93.